The molecule has 3 aromatic rings. The number of likely N-dealkylation sites (tertiary alicyclic amines) is 1. The van der Waals surface area contributed by atoms with Crippen LogP contribution in [0, 0.1) is 11.7 Å². The van der Waals surface area contributed by atoms with E-state index in [2.05, 4.69) is 0 Å². The summed E-state index contributed by atoms with van der Waals surface area (Å²) in [5, 5.41) is 1.50. The second kappa shape index (κ2) is 7.39. The zero-order valence-corrected chi connectivity index (χ0v) is 16.0. The van der Waals surface area contributed by atoms with Gasteiger partial charge in [0.2, 0.25) is 5.91 Å². The van der Waals surface area contributed by atoms with Crippen LogP contribution in [0.3, 0.4) is 0 Å². The molecule has 2 heterocycles. The Morgan fingerprint density at radius 3 is 2.13 bits per heavy atom. The lowest BCUT2D eigenvalue weighted by atomic mass is 9.90. The molecule has 0 spiro atoms. The van der Waals surface area contributed by atoms with Crippen molar-refractivity contribution in [2.24, 2.45) is 5.92 Å². The first-order valence-corrected chi connectivity index (χ1v) is 9.80. The predicted molar refractivity (Wildman–Crippen MR) is 108 cm³/mol. The standard InChI is InChI=1S/C24H19FN2O3/c25-19-14-8-7-13-18(19)21-20-22(30-27(21)17-11-5-2-6-12-17)24(29)26(23(20)28)15-16-9-3-1-4-10-16/h1-14,20-22H,15H2. The molecule has 2 amide bonds. The smallest absolute Gasteiger partial charge is 0.262 e. The molecule has 3 unspecified atom stereocenters. The highest BCUT2D eigenvalue weighted by Crippen LogP contribution is 2.47. The van der Waals surface area contributed by atoms with Crippen LogP contribution >= 0.6 is 0 Å². The van der Waals surface area contributed by atoms with E-state index >= 15 is 0 Å². The Labute approximate surface area is 173 Å². The third kappa shape index (κ3) is 2.97. The van der Waals surface area contributed by atoms with Crippen LogP contribution < -0.4 is 5.06 Å². The summed E-state index contributed by atoms with van der Waals surface area (Å²) in [5.74, 6) is -2.00. The Balaban J connectivity index is 1.54. The van der Waals surface area contributed by atoms with Gasteiger partial charge in [0, 0.05) is 5.56 Å². The minimum Gasteiger partial charge on any atom is -0.275 e. The van der Waals surface area contributed by atoms with Gasteiger partial charge < -0.3 is 0 Å². The molecule has 5 nitrogen and oxygen atoms in total. The number of amides is 2. The van der Waals surface area contributed by atoms with Gasteiger partial charge in [-0.1, -0.05) is 66.7 Å². The number of benzene rings is 3. The molecule has 2 aliphatic heterocycles. The quantitative estimate of drug-likeness (QED) is 0.622. The highest BCUT2D eigenvalue weighted by molar-refractivity contribution is 6.07. The van der Waals surface area contributed by atoms with Crippen molar-refractivity contribution in [1.82, 2.24) is 4.90 Å². The van der Waals surface area contributed by atoms with Crippen LogP contribution in [0.4, 0.5) is 10.1 Å². The van der Waals surface area contributed by atoms with E-state index in [9.17, 15) is 14.0 Å². The summed E-state index contributed by atoms with van der Waals surface area (Å²) in [7, 11) is 0. The Morgan fingerprint density at radius 2 is 1.43 bits per heavy atom. The summed E-state index contributed by atoms with van der Waals surface area (Å²) in [6.07, 6.45) is -0.981. The van der Waals surface area contributed by atoms with E-state index in [1.165, 1.54) is 16.0 Å². The molecule has 5 rings (SSSR count). The predicted octanol–water partition coefficient (Wildman–Crippen LogP) is 3.87. The molecule has 0 bridgehead atoms. The van der Waals surface area contributed by atoms with Crippen LogP contribution in [0.5, 0.6) is 0 Å². The molecular formula is C24H19FN2O3. The molecule has 30 heavy (non-hydrogen) atoms. The summed E-state index contributed by atoms with van der Waals surface area (Å²) in [6, 6.07) is 24.0. The van der Waals surface area contributed by atoms with Crippen LogP contribution in [-0.4, -0.2) is 22.8 Å². The largest absolute Gasteiger partial charge is 0.275 e. The number of fused-ring (bicyclic) bond motifs is 1. The Hall–Kier alpha value is -3.51. The van der Waals surface area contributed by atoms with Gasteiger partial charge in [-0.2, -0.15) is 0 Å². The molecule has 150 valence electrons. The van der Waals surface area contributed by atoms with Gasteiger partial charge in [0.05, 0.1) is 18.3 Å². The molecule has 6 heteroatoms. The molecule has 2 fully saturated rings. The molecule has 0 N–H and O–H groups in total. The number of rotatable bonds is 4. The van der Waals surface area contributed by atoms with Gasteiger partial charge in [0.15, 0.2) is 6.10 Å². The topological polar surface area (TPSA) is 49.9 Å². The lowest BCUT2D eigenvalue weighted by Crippen LogP contribution is -2.37. The Bertz CT molecular complexity index is 1090. The van der Waals surface area contributed by atoms with Gasteiger partial charge in [-0.05, 0) is 23.8 Å². The van der Waals surface area contributed by atoms with Gasteiger partial charge in [0.1, 0.15) is 11.7 Å². The van der Waals surface area contributed by atoms with E-state index in [1.54, 1.807) is 18.2 Å². The number of carbonyl (C=O) groups is 2. The van der Waals surface area contributed by atoms with Crippen molar-refractivity contribution >= 4 is 17.5 Å². The van der Waals surface area contributed by atoms with Crippen LogP contribution in [0.25, 0.3) is 0 Å². The van der Waals surface area contributed by atoms with Gasteiger partial charge in [0.25, 0.3) is 5.91 Å². The van der Waals surface area contributed by atoms with Gasteiger partial charge >= 0.3 is 0 Å². The Morgan fingerprint density at radius 1 is 0.800 bits per heavy atom. The fourth-order valence-electron chi connectivity index (χ4n) is 4.22. The molecular weight excluding hydrogens is 383 g/mol. The molecule has 3 aromatic carbocycles. The first-order valence-electron chi connectivity index (χ1n) is 9.80. The fraction of sp³-hybridized carbons (Fsp3) is 0.167. The number of para-hydroxylation sites is 1. The summed E-state index contributed by atoms with van der Waals surface area (Å²) < 4.78 is 14.8. The number of carbonyl (C=O) groups excluding carboxylic acids is 2. The first-order chi connectivity index (χ1) is 14.6. The lowest BCUT2D eigenvalue weighted by Gasteiger charge is -2.29. The minimum absolute atomic E-state index is 0.171. The van der Waals surface area contributed by atoms with Crippen LogP contribution in [0.1, 0.15) is 17.2 Å². The number of hydrogen-bond donors (Lipinski definition) is 0. The highest BCUT2D eigenvalue weighted by Gasteiger charge is 2.60. The van der Waals surface area contributed by atoms with E-state index in [1.807, 2.05) is 60.7 Å². The molecule has 2 saturated heterocycles. The number of imide groups is 1. The van der Waals surface area contributed by atoms with Gasteiger partial charge in [-0.15, -0.1) is 0 Å². The molecule has 0 aromatic heterocycles. The van der Waals surface area contributed by atoms with Crippen molar-refractivity contribution in [1.29, 1.82) is 0 Å². The number of anilines is 1. The van der Waals surface area contributed by atoms with Crippen molar-refractivity contribution in [3.05, 3.63) is 102 Å². The van der Waals surface area contributed by atoms with Gasteiger partial charge in [-0.25, -0.2) is 9.45 Å². The van der Waals surface area contributed by atoms with Crippen molar-refractivity contribution in [2.75, 3.05) is 5.06 Å². The maximum absolute atomic E-state index is 14.8. The van der Waals surface area contributed by atoms with Crippen LogP contribution in [0.2, 0.25) is 0 Å². The van der Waals surface area contributed by atoms with Crippen molar-refractivity contribution in [3.8, 4) is 0 Å². The monoisotopic (exact) mass is 402 g/mol. The zero-order valence-electron chi connectivity index (χ0n) is 16.0. The third-order valence-electron chi connectivity index (χ3n) is 5.62. The maximum atomic E-state index is 14.8. The van der Waals surface area contributed by atoms with Crippen molar-refractivity contribution in [3.63, 3.8) is 0 Å². The summed E-state index contributed by atoms with van der Waals surface area (Å²) in [5.41, 5.74) is 1.84. The van der Waals surface area contributed by atoms with E-state index in [0.717, 1.165) is 5.56 Å². The molecule has 0 radical (unpaired) electrons. The normalized spacial score (nSPS) is 23.2. The fourth-order valence-corrected chi connectivity index (χ4v) is 4.22. The van der Waals surface area contributed by atoms with Crippen molar-refractivity contribution < 1.29 is 18.8 Å². The first kappa shape index (κ1) is 18.5. The molecule has 2 aliphatic rings. The van der Waals surface area contributed by atoms with Crippen LogP contribution in [-0.2, 0) is 21.0 Å². The highest BCUT2D eigenvalue weighted by atomic mass is 19.1. The summed E-state index contributed by atoms with van der Waals surface area (Å²) in [6.45, 7) is 0.171. The summed E-state index contributed by atoms with van der Waals surface area (Å²) in [4.78, 5) is 33.7. The van der Waals surface area contributed by atoms with Crippen LogP contribution in [0.15, 0.2) is 84.9 Å². The maximum Gasteiger partial charge on any atom is 0.262 e. The van der Waals surface area contributed by atoms with E-state index in [4.69, 9.17) is 4.84 Å². The SMILES string of the molecule is O=C1C2ON(c3ccccc3)C(c3ccccc3F)C2C(=O)N1Cc1ccccc1. The van der Waals surface area contributed by atoms with Crippen molar-refractivity contribution in [2.45, 2.75) is 18.7 Å². The van der Waals surface area contributed by atoms with Gasteiger partial charge in [-0.3, -0.25) is 19.3 Å². The second-order valence-corrected chi connectivity index (χ2v) is 7.43. The van der Waals surface area contributed by atoms with E-state index in [0.29, 0.717) is 11.3 Å². The lowest BCUT2D eigenvalue weighted by molar-refractivity contribution is -0.143. The Kier molecular flexibility index (Phi) is 4.56. The molecule has 0 saturated carbocycles. The van der Waals surface area contributed by atoms with E-state index < -0.39 is 29.8 Å². The average molecular weight is 402 g/mol. The number of hydrogen-bond acceptors (Lipinski definition) is 4. The number of nitrogens with zero attached hydrogens (tertiary/aromatic N) is 2. The zero-order chi connectivity index (χ0) is 20.7. The second-order valence-electron chi connectivity index (χ2n) is 7.43. The van der Waals surface area contributed by atoms with E-state index in [-0.39, 0.29) is 12.5 Å². The third-order valence-corrected chi connectivity index (χ3v) is 5.62. The number of halogens is 1. The molecule has 3 atom stereocenters. The average Bonchev–Trinajstić information content (AvgIpc) is 3.27. The molecule has 0 aliphatic carbocycles. The minimum atomic E-state index is -0.981. The summed E-state index contributed by atoms with van der Waals surface area (Å²) >= 11 is 0. The number of hydroxylamine groups is 1.